The van der Waals surface area contributed by atoms with E-state index in [4.69, 9.17) is 4.74 Å². The summed E-state index contributed by atoms with van der Waals surface area (Å²) < 4.78 is 5.10. The first-order valence-electron chi connectivity index (χ1n) is 4.98. The van der Waals surface area contributed by atoms with Gasteiger partial charge in [0.2, 0.25) is 5.95 Å². The number of anilines is 1. The van der Waals surface area contributed by atoms with Crippen LogP contribution >= 0.6 is 0 Å². The highest BCUT2D eigenvalue weighted by Crippen LogP contribution is 2.20. The van der Waals surface area contributed by atoms with Crippen molar-refractivity contribution in [1.82, 2.24) is 9.97 Å². The van der Waals surface area contributed by atoms with E-state index in [0.29, 0.717) is 5.95 Å². The van der Waals surface area contributed by atoms with E-state index < -0.39 is 0 Å². The smallest absolute Gasteiger partial charge is 0.222 e. The topological polar surface area (TPSA) is 47.0 Å². The van der Waals surface area contributed by atoms with Gasteiger partial charge in [0.1, 0.15) is 5.75 Å². The summed E-state index contributed by atoms with van der Waals surface area (Å²) in [6, 6.07) is 9.65. The van der Waals surface area contributed by atoms with Crippen molar-refractivity contribution in [3.8, 4) is 17.0 Å². The maximum Gasteiger partial charge on any atom is 0.222 e. The molecule has 82 valence electrons. The molecule has 0 atom stereocenters. The van der Waals surface area contributed by atoms with Crippen molar-refractivity contribution in [3.05, 3.63) is 36.5 Å². The average Bonchev–Trinajstić information content (AvgIpc) is 2.39. The Hall–Kier alpha value is -2.10. The minimum atomic E-state index is 0.619. The molecule has 0 saturated carbocycles. The van der Waals surface area contributed by atoms with Gasteiger partial charge >= 0.3 is 0 Å². The molecule has 1 heterocycles. The van der Waals surface area contributed by atoms with Crippen LogP contribution in [0, 0.1) is 0 Å². The Bertz CT molecular complexity index is 468. The minimum Gasteiger partial charge on any atom is -0.497 e. The predicted molar refractivity (Wildman–Crippen MR) is 63.6 cm³/mol. The molecule has 4 heteroatoms. The molecule has 0 aliphatic rings. The summed E-state index contributed by atoms with van der Waals surface area (Å²) in [7, 11) is 3.45. The Morgan fingerprint density at radius 2 is 1.88 bits per heavy atom. The number of nitrogens with one attached hydrogen (secondary N) is 1. The molecular formula is C12H13N3O. The maximum atomic E-state index is 5.10. The standard InChI is InChI=1S/C12H13N3O/c1-13-12-14-8-7-11(15-12)9-3-5-10(16-2)6-4-9/h3-8H,1-2H3,(H,13,14,15). The Morgan fingerprint density at radius 1 is 1.12 bits per heavy atom. The summed E-state index contributed by atoms with van der Waals surface area (Å²) in [6.45, 7) is 0. The fourth-order valence-electron chi connectivity index (χ4n) is 1.40. The van der Waals surface area contributed by atoms with Gasteiger partial charge in [0, 0.05) is 18.8 Å². The first-order chi connectivity index (χ1) is 7.83. The van der Waals surface area contributed by atoms with Crippen molar-refractivity contribution in [3.63, 3.8) is 0 Å². The number of ether oxygens (including phenoxy) is 1. The van der Waals surface area contributed by atoms with Crippen LogP contribution in [0.1, 0.15) is 0 Å². The second-order valence-corrected chi connectivity index (χ2v) is 3.24. The Kier molecular flexibility index (Phi) is 3.00. The van der Waals surface area contributed by atoms with Gasteiger partial charge in [0.05, 0.1) is 12.8 Å². The second-order valence-electron chi connectivity index (χ2n) is 3.24. The monoisotopic (exact) mass is 215 g/mol. The summed E-state index contributed by atoms with van der Waals surface area (Å²) in [4.78, 5) is 8.42. The second kappa shape index (κ2) is 4.61. The molecule has 2 rings (SSSR count). The van der Waals surface area contributed by atoms with Gasteiger partial charge in [-0.1, -0.05) is 0 Å². The summed E-state index contributed by atoms with van der Waals surface area (Å²) >= 11 is 0. The molecule has 0 aliphatic carbocycles. The zero-order valence-electron chi connectivity index (χ0n) is 9.27. The summed E-state index contributed by atoms with van der Waals surface area (Å²) in [5.74, 6) is 1.46. The van der Waals surface area contributed by atoms with Crippen molar-refractivity contribution in [2.45, 2.75) is 0 Å². The van der Waals surface area contributed by atoms with Crippen molar-refractivity contribution in [2.24, 2.45) is 0 Å². The highest BCUT2D eigenvalue weighted by molar-refractivity contribution is 5.60. The lowest BCUT2D eigenvalue weighted by molar-refractivity contribution is 0.415. The maximum absolute atomic E-state index is 5.10. The molecule has 0 bridgehead atoms. The average molecular weight is 215 g/mol. The quantitative estimate of drug-likeness (QED) is 0.852. The van der Waals surface area contributed by atoms with Crippen LogP contribution in [-0.4, -0.2) is 24.1 Å². The van der Waals surface area contributed by atoms with Gasteiger partial charge in [-0.3, -0.25) is 0 Å². The molecule has 0 saturated heterocycles. The van der Waals surface area contributed by atoms with Crippen LogP contribution in [-0.2, 0) is 0 Å². The van der Waals surface area contributed by atoms with E-state index in [0.717, 1.165) is 17.0 Å². The van der Waals surface area contributed by atoms with Crippen molar-refractivity contribution < 1.29 is 4.74 Å². The van der Waals surface area contributed by atoms with Crippen LogP contribution in [0.25, 0.3) is 11.3 Å². The third-order valence-corrected chi connectivity index (χ3v) is 2.26. The molecule has 0 unspecified atom stereocenters. The minimum absolute atomic E-state index is 0.619. The molecular weight excluding hydrogens is 202 g/mol. The van der Waals surface area contributed by atoms with Crippen molar-refractivity contribution in [1.29, 1.82) is 0 Å². The highest BCUT2D eigenvalue weighted by Gasteiger charge is 2.01. The van der Waals surface area contributed by atoms with Gasteiger partial charge in [-0.05, 0) is 30.3 Å². The van der Waals surface area contributed by atoms with Crippen LogP contribution in [0.15, 0.2) is 36.5 Å². The zero-order valence-corrected chi connectivity index (χ0v) is 9.27. The lowest BCUT2D eigenvalue weighted by Crippen LogP contribution is -1.96. The van der Waals surface area contributed by atoms with E-state index in [1.807, 2.05) is 30.3 Å². The molecule has 0 aliphatic heterocycles. The van der Waals surface area contributed by atoms with Gasteiger partial charge in [-0.2, -0.15) is 0 Å². The first kappa shape index (κ1) is 10.4. The Balaban J connectivity index is 2.34. The number of hydrogen-bond donors (Lipinski definition) is 1. The van der Waals surface area contributed by atoms with E-state index in [9.17, 15) is 0 Å². The molecule has 0 fully saturated rings. The largest absolute Gasteiger partial charge is 0.497 e. The van der Waals surface area contributed by atoms with Crippen molar-refractivity contribution >= 4 is 5.95 Å². The number of hydrogen-bond acceptors (Lipinski definition) is 4. The summed E-state index contributed by atoms with van der Waals surface area (Å²) in [6.07, 6.45) is 1.73. The molecule has 4 nitrogen and oxygen atoms in total. The van der Waals surface area contributed by atoms with Crippen molar-refractivity contribution in [2.75, 3.05) is 19.5 Å². The molecule has 2 aromatic rings. The van der Waals surface area contributed by atoms with E-state index in [2.05, 4.69) is 15.3 Å². The van der Waals surface area contributed by atoms with E-state index in [1.54, 1.807) is 20.4 Å². The van der Waals surface area contributed by atoms with Gasteiger partial charge in [-0.25, -0.2) is 9.97 Å². The molecule has 0 radical (unpaired) electrons. The predicted octanol–water partition coefficient (Wildman–Crippen LogP) is 2.19. The van der Waals surface area contributed by atoms with E-state index >= 15 is 0 Å². The van der Waals surface area contributed by atoms with Gasteiger partial charge < -0.3 is 10.1 Å². The first-order valence-corrected chi connectivity index (χ1v) is 4.98. The fraction of sp³-hybridized carbons (Fsp3) is 0.167. The highest BCUT2D eigenvalue weighted by atomic mass is 16.5. The molecule has 16 heavy (non-hydrogen) atoms. The number of methoxy groups -OCH3 is 1. The van der Waals surface area contributed by atoms with Crippen LogP contribution in [0.5, 0.6) is 5.75 Å². The fourth-order valence-corrected chi connectivity index (χ4v) is 1.40. The summed E-state index contributed by atoms with van der Waals surface area (Å²) in [5, 5.41) is 2.91. The van der Waals surface area contributed by atoms with Crippen LogP contribution in [0.2, 0.25) is 0 Å². The zero-order chi connectivity index (χ0) is 11.4. The van der Waals surface area contributed by atoms with E-state index in [1.165, 1.54) is 0 Å². The van der Waals surface area contributed by atoms with Gasteiger partial charge in [0.15, 0.2) is 0 Å². The van der Waals surface area contributed by atoms with Gasteiger partial charge in [-0.15, -0.1) is 0 Å². The molecule has 1 aromatic carbocycles. The number of benzene rings is 1. The SMILES string of the molecule is CNc1nccc(-c2ccc(OC)cc2)n1. The van der Waals surface area contributed by atoms with Crippen LogP contribution < -0.4 is 10.1 Å². The molecule has 0 amide bonds. The third kappa shape index (κ3) is 2.11. The molecule has 1 N–H and O–H groups in total. The van der Waals surface area contributed by atoms with E-state index in [-0.39, 0.29) is 0 Å². The summed E-state index contributed by atoms with van der Waals surface area (Å²) in [5.41, 5.74) is 1.93. The number of nitrogens with zero attached hydrogens (tertiary/aromatic N) is 2. The Morgan fingerprint density at radius 3 is 2.50 bits per heavy atom. The van der Waals surface area contributed by atoms with Crippen LogP contribution in [0.4, 0.5) is 5.95 Å². The molecule has 1 aromatic heterocycles. The van der Waals surface area contributed by atoms with Gasteiger partial charge in [0.25, 0.3) is 0 Å². The third-order valence-electron chi connectivity index (χ3n) is 2.26. The molecule has 0 spiro atoms. The lowest BCUT2D eigenvalue weighted by Gasteiger charge is -2.04. The Labute approximate surface area is 94.3 Å². The number of rotatable bonds is 3. The number of aromatic nitrogens is 2. The lowest BCUT2D eigenvalue weighted by atomic mass is 10.1. The normalized spacial score (nSPS) is 9.88. The van der Waals surface area contributed by atoms with Crippen LogP contribution in [0.3, 0.4) is 0 Å².